The Labute approximate surface area is 222 Å². The summed E-state index contributed by atoms with van der Waals surface area (Å²) in [5, 5.41) is 13.6. The second kappa shape index (κ2) is 11.9. The van der Waals surface area contributed by atoms with Gasteiger partial charge in [-0.1, -0.05) is 75.0 Å². The standard InChI is InChI=1S/C29H31N5O2S/c1-5-36-25-17-11-21(12-18-25)19-30-31-26(35)20-37-28-33-32-27(34(28)24-9-7-6-8-10-24)22-13-15-23(16-14-22)29(2,3)4/h6-19H,5,20H2,1-4H3,(H,31,35). The monoisotopic (exact) mass is 513 g/mol. The van der Waals surface area contributed by atoms with Gasteiger partial charge in [-0.3, -0.25) is 9.36 Å². The van der Waals surface area contributed by atoms with E-state index in [0.717, 1.165) is 28.4 Å². The zero-order valence-electron chi connectivity index (χ0n) is 21.5. The number of carbonyl (C=O) groups is 1. The van der Waals surface area contributed by atoms with Crippen LogP contribution in [0, 0.1) is 0 Å². The quantitative estimate of drug-likeness (QED) is 0.172. The maximum atomic E-state index is 12.5. The van der Waals surface area contributed by atoms with Crippen molar-refractivity contribution >= 4 is 23.9 Å². The molecule has 0 aliphatic carbocycles. The molecule has 0 aliphatic rings. The van der Waals surface area contributed by atoms with Gasteiger partial charge in [0, 0.05) is 11.3 Å². The summed E-state index contributed by atoms with van der Waals surface area (Å²) in [6.45, 7) is 9.13. The summed E-state index contributed by atoms with van der Waals surface area (Å²) in [7, 11) is 0. The molecule has 0 aliphatic heterocycles. The summed E-state index contributed by atoms with van der Waals surface area (Å²) in [4.78, 5) is 12.5. The minimum Gasteiger partial charge on any atom is -0.494 e. The van der Waals surface area contributed by atoms with Crippen molar-refractivity contribution in [3.63, 3.8) is 0 Å². The van der Waals surface area contributed by atoms with Crippen LogP contribution in [0.2, 0.25) is 0 Å². The van der Waals surface area contributed by atoms with Crippen LogP contribution in [-0.2, 0) is 10.2 Å². The van der Waals surface area contributed by atoms with Crippen LogP contribution >= 0.6 is 11.8 Å². The first-order valence-electron chi connectivity index (χ1n) is 12.1. The molecule has 4 rings (SSSR count). The van der Waals surface area contributed by atoms with Gasteiger partial charge >= 0.3 is 0 Å². The average Bonchev–Trinajstić information content (AvgIpc) is 3.33. The summed E-state index contributed by atoms with van der Waals surface area (Å²) in [6, 6.07) is 25.8. The lowest BCUT2D eigenvalue weighted by molar-refractivity contribution is -0.118. The van der Waals surface area contributed by atoms with Crippen LogP contribution in [0.1, 0.15) is 38.8 Å². The number of ether oxygens (including phenoxy) is 1. The van der Waals surface area contributed by atoms with Crippen LogP contribution in [0.5, 0.6) is 5.75 Å². The van der Waals surface area contributed by atoms with E-state index in [9.17, 15) is 4.79 Å². The molecule has 3 aromatic carbocycles. The van der Waals surface area contributed by atoms with E-state index in [1.165, 1.54) is 17.3 Å². The van der Waals surface area contributed by atoms with E-state index in [0.29, 0.717) is 11.8 Å². The Kier molecular flexibility index (Phi) is 8.40. The van der Waals surface area contributed by atoms with Crippen molar-refractivity contribution in [2.45, 2.75) is 38.3 Å². The number of rotatable bonds is 9. The van der Waals surface area contributed by atoms with Crippen molar-refractivity contribution in [1.82, 2.24) is 20.2 Å². The van der Waals surface area contributed by atoms with Crippen LogP contribution < -0.4 is 10.2 Å². The number of thioether (sulfide) groups is 1. The molecule has 1 aromatic heterocycles. The molecule has 1 N–H and O–H groups in total. The average molecular weight is 514 g/mol. The van der Waals surface area contributed by atoms with Gasteiger partial charge in [-0.15, -0.1) is 10.2 Å². The van der Waals surface area contributed by atoms with Gasteiger partial charge in [0.1, 0.15) is 5.75 Å². The first-order chi connectivity index (χ1) is 17.8. The largest absolute Gasteiger partial charge is 0.494 e. The highest BCUT2D eigenvalue weighted by Gasteiger charge is 2.19. The van der Waals surface area contributed by atoms with E-state index in [-0.39, 0.29) is 17.1 Å². The SMILES string of the molecule is CCOc1ccc(C=NNC(=O)CSc2nnc(-c3ccc(C(C)(C)C)cc3)n2-c2ccccc2)cc1. The topological polar surface area (TPSA) is 81.4 Å². The summed E-state index contributed by atoms with van der Waals surface area (Å²) in [6.07, 6.45) is 1.60. The summed E-state index contributed by atoms with van der Waals surface area (Å²) >= 11 is 1.31. The third kappa shape index (κ3) is 6.86. The molecule has 4 aromatic rings. The zero-order valence-corrected chi connectivity index (χ0v) is 22.3. The van der Waals surface area contributed by atoms with Crippen LogP contribution in [0.4, 0.5) is 0 Å². The highest BCUT2D eigenvalue weighted by molar-refractivity contribution is 7.99. The van der Waals surface area contributed by atoms with Gasteiger partial charge in [-0.2, -0.15) is 5.10 Å². The maximum Gasteiger partial charge on any atom is 0.250 e. The first-order valence-corrected chi connectivity index (χ1v) is 13.1. The van der Waals surface area contributed by atoms with Crippen molar-refractivity contribution in [3.05, 3.63) is 90.0 Å². The van der Waals surface area contributed by atoms with E-state index >= 15 is 0 Å². The van der Waals surface area contributed by atoms with Gasteiger partial charge in [0.05, 0.1) is 18.6 Å². The van der Waals surface area contributed by atoms with Gasteiger partial charge in [-0.25, -0.2) is 5.43 Å². The molecule has 0 fully saturated rings. The number of nitrogens with zero attached hydrogens (tertiary/aromatic N) is 4. The number of hydrazone groups is 1. The molecule has 0 saturated heterocycles. The lowest BCUT2D eigenvalue weighted by Gasteiger charge is -2.19. The van der Waals surface area contributed by atoms with E-state index in [1.807, 2.05) is 66.1 Å². The summed E-state index contributed by atoms with van der Waals surface area (Å²) < 4.78 is 7.42. The predicted octanol–water partition coefficient (Wildman–Crippen LogP) is 5.87. The van der Waals surface area contributed by atoms with Crippen LogP contribution in [0.25, 0.3) is 17.1 Å². The molecular formula is C29H31N5O2S. The number of para-hydroxylation sites is 1. The van der Waals surface area contributed by atoms with Crippen molar-refractivity contribution < 1.29 is 9.53 Å². The minimum absolute atomic E-state index is 0.0649. The Hall–Kier alpha value is -3.91. The lowest BCUT2D eigenvalue weighted by atomic mass is 9.87. The Bertz CT molecular complexity index is 1340. The lowest BCUT2D eigenvalue weighted by Crippen LogP contribution is -2.20. The molecule has 1 heterocycles. The number of hydrogen-bond acceptors (Lipinski definition) is 6. The number of nitrogens with one attached hydrogen (secondary N) is 1. The van der Waals surface area contributed by atoms with E-state index in [4.69, 9.17) is 4.74 Å². The second-order valence-corrected chi connectivity index (χ2v) is 10.3. The van der Waals surface area contributed by atoms with Gasteiger partial charge in [0.2, 0.25) is 0 Å². The van der Waals surface area contributed by atoms with Gasteiger partial charge in [0.15, 0.2) is 11.0 Å². The minimum atomic E-state index is -0.231. The molecule has 0 atom stereocenters. The Balaban J connectivity index is 1.47. The number of amides is 1. The van der Waals surface area contributed by atoms with Crippen LogP contribution in [0.3, 0.4) is 0 Å². The highest BCUT2D eigenvalue weighted by Crippen LogP contribution is 2.30. The third-order valence-corrected chi connectivity index (χ3v) is 6.51. The van der Waals surface area contributed by atoms with Crippen molar-refractivity contribution in [2.75, 3.05) is 12.4 Å². The maximum absolute atomic E-state index is 12.5. The predicted molar refractivity (Wildman–Crippen MR) is 150 cm³/mol. The smallest absolute Gasteiger partial charge is 0.250 e. The van der Waals surface area contributed by atoms with Crippen molar-refractivity contribution in [2.24, 2.45) is 5.10 Å². The van der Waals surface area contributed by atoms with Gasteiger partial charge < -0.3 is 4.74 Å². The third-order valence-electron chi connectivity index (χ3n) is 5.58. The van der Waals surface area contributed by atoms with Crippen LogP contribution in [-0.4, -0.2) is 39.2 Å². The molecule has 8 heteroatoms. The molecule has 7 nitrogen and oxygen atoms in total. The van der Waals surface area contributed by atoms with Crippen LogP contribution in [0.15, 0.2) is 89.1 Å². The molecule has 0 spiro atoms. The zero-order chi connectivity index (χ0) is 26.3. The fraction of sp³-hybridized carbons (Fsp3) is 0.241. The molecule has 37 heavy (non-hydrogen) atoms. The Morgan fingerprint density at radius 1 is 1.00 bits per heavy atom. The molecule has 0 bridgehead atoms. The van der Waals surface area contributed by atoms with Gasteiger partial charge in [-0.05, 0) is 59.9 Å². The molecule has 0 unspecified atom stereocenters. The fourth-order valence-electron chi connectivity index (χ4n) is 3.64. The van der Waals surface area contributed by atoms with E-state index in [1.54, 1.807) is 6.21 Å². The Morgan fingerprint density at radius 3 is 2.35 bits per heavy atom. The molecule has 0 radical (unpaired) electrons. The number of benzene rings is 3. The second-order valence-electron chi connectivity index (χ2n) is 9.39. The van der Waals surface area contributed by atoms with E-state index < -0.39 is 0 Å². The summed E-state index contributed by atoms with van der Waals surface area (Å²) in [5.41, 5.74) is 6.65. The molecular weight excluding hydrogens is 482 g/mol. The molecule has 0 saturated carbocycles. The number of aromatic nitrogens is 3. The molecule has 1 amide bonds. The Morgan fingerprint density at radius 2 is 1.70 bits per heavy atom. The van der Waals surface area contributed by atoms with Gasteiger partial charge in [0.25, 0.3) is 5.91 Å². The first kappa shape index (κ1) is 26.2. The number of hydrogen-bond donors (Lipinski definition) is 1. The summed E-state index contributed by atoms with van der Waals surface area (Å²) in [5.74, 6) is 1.44. The number of carbonyl (C=O) groups excluding carboxylic acids is 1. The fourth-order valence-corrected chi connectivity index (χ4v) is 4.38. The molecule has 190 valence electrons. The highest BCUT2D eigenvalue weighted by atomic mass is 32.2. The van der Waals surface area contributed by atoms with Crippen molar-refractivity contribution in [3.8, 4) is 22.8 Å². The normalized spacial score (nSPS) is 11.6. The van der Waals surface area contributed by atoms with E-state index in [2.05, 4.69) is 65.8 Å². The van der Waals surface area contributed by atoms with Crippen molar-refractivity contribution in [1.29, 1.82) is 0 Å².